The third-order valence-corrected chi connectivity index (χ3v) is 26.2. The van der Waals surface area contributed by atoms with Gasteiger partial charge in [-0.05, 0) is 206 Å². The van der Waals surface area contributed by atoms with E-state index in [1.165, 1.54) is 121 Å². The highest BCUT2D eigenvalue weighted by atomic mass is 35.5. The zero-order valence-electron chi connectivity index (χ0n) is 73.3. The SMILES string of the molecule is CC1=NCC(C(=O)N(CCC2CCCC2)Cc2c(F)cccc2F)=C1.CC1=NCC(C(=O)N(CCC2CCCC2)Cc2ccccc2Cl)=C1.CC1=NCC(C(=O)N(CCC2CCCCC2)Cc2ccccc2F)=C1.CC1=NCC(C(=O)N(CCC2CCCCO2)Cc2ccccc2Cl)=C1.CC1=NCC(C(=O)N(CCC2CCCOC2)Cc2ccccc2Cl)=C1. The first-order valence-electron chi connectivity index (χ1n) is 45.2. The number of allylic oxidation sites excluding steroid dienone is 5. The van der Waals surface area contributed by atoms with Crippen molar-refractivity contribution in [2.75, 3.05) is 85.3 Å². The Morgan fingerprint density at radius 1 is 0.331 bits per heavy atom. The van der Waals surface area contributed by atoms with E-state index >= 15 is 0 Å². The van der Waals surface area contributed by atoms with Crippen LogP contribution in [0.15, 0.2) is 198 Å². The van der Waals surface area contributed by atoms with Crippen molar-refractivity contribution < 1.29 is 46.6 Å². The molecular weight excluding hydrogens is 1630 g/mol. The monoisotopic (exact) mass is 1750 g/mol. The zero-order valence-corrected chi connectivity index (χ0v) is 75.6. The van der Waals surface area contributed by atoms with Crippen molar-refractivity contribution in [1.29, 1.82) is 0 Å². The van der Waals surface area contributed by atoms with Crippen LogP contribution < -0.4 is 0 Å². The Labute approximate surface area is 748 Å². The van der Waals surface area contributed by atoms with E-state index in [-0.39, 0.29) is 53.6 Å². The standard InChI is InChI=1S/C21H27FN2O.2C20H25ClN2O2.C20H25ClN2O.C20H24F2N2O/c1-16-13-19(14-23-16)21(25)24(12-11-17-7-3-2-4-8-17)15-18-9-5-6-10-20(18)22;1-15-12-17(13-22-15)20(24)23(10-9-18-7-4-5-11-25-18)14-16-6-2-3-8-19(16)21;1-15-11-18(12-22-15)20(24)23(9-8-16-5-4-10-25-14-16)13-17-6-2-3-7-19(17)21;1-15-12-18(13-22-15)20(24)23(11-10-16-6-2-3-7-16)14-17-8-4-5-9-19(17)21;1-14-11-16(12-23-14)20(25)24(10-9-15-5-2-3-6-15)13-17-18(21)7-4-8-19(17)22/h5-6,9-10,13,17H,2-4,7-8,11-12,14-15H2,1H3;2-3,6,8,12,18H,4-5,7,9-11,13-14H2,1H3;2-3,6-7,11,16H,4-5,8-10,12-14H2,1H3;4-5,8-9,12,16H,2-3,6-7,10-11,13-14H2,1H3;4,7-8,11,15H,2-3,5-6,9-10,12-13H2,1H3. The molecule has 3 aliphatic carbocycles. The second-order valence-electron chi connectivity index (χ2n) is 34.7. The molecule has 3 saturated carbocycles. The summed E-state index contributed by atoms with van der Waals surface area (Å²) in [6.07, 6.45) is 36.7. The van der Waals surface area contributed by atoms with Crippen molar-refractivity contribution in [3.63, 3.8) is 0 Å². The Kier molecular flexibility index (Phi) is 38.5. The van der Waals surface area contributed by atoms with Crippen LogP contribution in [0.5, 0.6) is 0 Å². The van der Waals surface area contributed by atoms with Crippen molar-refractivity contribution in [3.05, 3.63) is 234 Å². The molecule has 5 aromatic rings. The minimum absolute atomic E-state index is 0.000312. The largest absolute Gasteiger partial charge is 0.381 e. The number of amides is 5. The van der Waals surface area contributed by atoms with Gasteiger partial charge in [0.2, 0.25) is 0 Å². The summed E-state index contributed by atoms with van der Waals surface area (Å²) in [6, 6.07) is 33.8. The van der Waals surface area contributed by atoms with Crippen LogP contribution in [-0.2, 0) is 66.2 Å². The number of carbonyl (C=O) groups is 5. The number of ether oxygens (including phenoxy) is 2. The number of benzene rings is 5. The van der Waals surface area contributed by atoms with Crippen LogP contribution in [0.1, 0.15) is 210 Å². The third-order valence-electron chi connectivity index (χ3n) is 25.1. The molecule has 23 heteroatoms. The number of hydrogen-bond acceptors (Lipinski definition) is 12. The van der Waals surface area contributed by atoms with Gasteiger partial charge in [0.1, 0.15) is 17.5 Å². The summed E-state index contributed by atoms with van der Waals surface area (Å²) in [6.45, 7) is 19.6. The van der Waals surface area contributed by atoms with Gasteiger partial charge in [0, 0.05) is 161 Å². The normalized spacial score (nSPS) is 18.7. The number of carbonyl (C=O) groups excluding carboxylic acids is 5. The van der Waals surface area contributed by atoms with Gasteiger partial charge in [-0.3, -0.25) is 48.9 Å². The summed E-state index contributed by atoms with van der Waals surface area (Å²) >= 11 is 18.9. The van der Waals surface area contributed by atoms with Crippen LogP contribution >= 0.6 is 34.8 Å². The van der Waals surface area contributed by atoms with E-state index in [9.17, 15) is 37.1 Å². The molecule has 0 bridgehead atoms. The summed E-state index contributed by atoms with van der Waals surface area (Å²) in [5.74, 6) is 1.20. The van der Waals surface area contributed by atoms with Gasteiger partial charge in [0.25, 0.3) is 29.5 Å². The molecule has 15 rings (SSSR count). The van der Waals surface area contributed by atoms with Gasteiger partial charge in [-0.25, -0.2) is 13.2 Å². The molecule has 0 radical (unpaired) electrons. The molecule has 2 unspecified atom stereocenters. The van der Waals surface area contributed by atoms with Crippen LogP contribution in [0.3, 0.4) is 0 Å². The third kappa shape index (κ3) is 30.1. The van der Waals surface area contributed by atoms with Gasteiger partial charge in [-0.1, -0.05) is 197 Å². The fourth-order valence-corrected chi connectivity index (χ4v) is 18.3. The molecule has 7 aliphatic heterocycles. The lowest BCUT2D eigenvalue weighted by molar-refractivity contribution is -0.129. The van der Waals surface area contributed by atoms with E-state index in [2.05, 4.69) is 25.0 Å². The molecule has 0 aromatic heterocycles. The molecule has 5 fully saturated rings. The van der Waals surface area contributed by atoms with Crippen LogP contribution in [-0.4, -0.2) is 174 Å². The topological polar surface area (TPSA) is 182 Å². The van der Waals surface area contributed by atoms with Crippen molar-refractivity contribution >= 4 is 92.9 Å². The van der Waals surface area contributed by atoms with Gasteiger partial charge in [-0.2, -0.15) is 0 Å². The smallest absolute Gasteiger partial charge is 0.252 e. The average molecular weight is 1760 g/mol. The second kappa shape index (κ2) is 49.8. The molecule has 17 nitrogen and oxygen atoms in total. The molecule has 0 N–H and O–H groups in total. The molecule has 664 valence electrons. The Morgan fingerprint density at radius 2 is 0.629 bits per heavy atom. The highest BCUT2D eigenvalue weighted by molar-refractivity contribution is 6.32. The van der Waals surface area contributed by atoms with Crippen LogP contribution in [0, 0.1) is 41.1 Å². The minimum Gasteiger partial charge on any atom is -0.381 e. The maximum Gasteiger partial charge on any atom is 0.252 e. The van der Waals surface area contributed by atoms with Gasteiger partial charge in [0.05, 0.1) is 45.4 Å². The van der Waals surface area contributed by atoms with Crippen molar-refractivity contribution in [2.24, 2.45) is 48.6 Å². The first-order chi connectivity index (χ1) is 60.1. The fourth-order valence-electron chi connectivity index (χ4n) is 17.7. The van der Waals surface area contributed by atoms with E-state index in [0.29, 0.717) is 124 Å². The van der Waals surface area contributed by atoms with Crippen LogP contribution in [0.2, 0.25) is 15.1 Å². The van der Waals surface area contributed by atoms with Crippen molar-refractivity contribution in [2.45, 2.75) is 221 Å². The molecule has 5 amide bonds. The number of halogens is 6. The predicted molar refractivity (Wildman–Crippen MR) is 495 cm³/mol. The minimum atomic E-state index is -0.605. The highest BCUT2D eigenvalue weighted by Crippen LogP contribution is 2.34. The van der Waals surface area contributed by atoms with E-state index in [4.69, 9.17) is 44.3 Å². The lowest BCUT2D eigenvalue weighted by atomic mass is 9.87. The summed E-state index contributed by atoms with van der Waals surface area (Å²) in [5.41, 5.74) is 11.6. The molecule has 0 spiro atoms. The first-order valence-corrected chi connectivity index (χ1v) is 46.3. The summed E-state index contributed by atoms with van der Waals surface area (Å²) in [4.78, 5) is 95.4. The van der Waals surface area contributed by atoms with Gasteiger partial charge >= 0.3 is 0 Å². The maximum absolute atomic E-state index is 14.1. The van der Waals surface area contributed by atoms with E-state index in [1.54, 1.807) is 23.1 Å². The predicted octanol–water partition coefficient (Wildman–Crippen LogP) is 21.4. The van der Waals surface area contributed by atoms with E-state index in [0.717, 1.165) is 156 Å². The Morgan fingerprint density at radius 3 is 0.952 bits per heavy atom. The van der Waals surface area contributed by atoms with Crippen molar-refractivity contribution in [3.8, 4) is 0 Å². The Hall–Kier alpha value is -8.92. The molecule has 5 aromatic carbocycles. The summed E-state index contributed by atoms with van der Waals surface area (Å²) in [7, 11) is 0. The molecule has 2 saturated heterocycles. The summed E-state index contributed by atoms with van der Waals surface area (Å²) in [5, 5.41) is 2.13. The quantitative estimate of drug-likeness (QED) is 0.0438. The molecule has 10 aliphatic rings. The Balaban J connectivity index is 0.000000151. The number of nitrogens with zero attached hydrogens (tertiary/aromatic N) is 10. The van der Waals surface area contributed by atoms with Crippen LogP contribution in [0.25, 0.3) is 0 Å². The van der Waals surface area contributed by atoms with Gasteiger partial charge < -0.3 is 34.0 Å². The van der Waals surface area contributed by atoms with E-state index in [1.807, 2.05) is 157 Å². The molecule has 124 heavy (non-hydrogen) atoms. The molecule has 2 atom stereocenters. The second-order valence-corrected chi connectivity index (χ2v) is 35.9. The number of rotatable bonds is 30. The maximum atomic E-state index is 14.1. The van der Waals surface area contributed by atoms with Gasteiger partial charge in [-0.15, -0.1) is 0 Å². The lowest BCUT2D eigenvalue weighted by Crippen LogP contribution is -2.35. The highest BCUT2D eigenvalue weighted by Gasteiger charge is 2.31. The fraction of sp³-hybridized carbons (Fsp3) is 0.505. The Bertz CT molecular complexity index is 4470. The number of aliphatic imine (C=N–C) groups is 5. The molecule has 7 heterocycles. The zero-order chi connectivity index (χ0) is 87.7. The van der Waals surface area contributed by atoms with Crippen molar-refractivity contribution in [1.82, 2.24) is 24.5 Å². The number of hydrogen-bond donors (Lipinski definition) is 0. The summed E-state index contributed by atoms with van der Waals surface area (Å²) < 4.78 is 53.5. The average Bonchev–Trinajstić information content (AvgIpc) is 1.66. The van der Waals surface area contributed by atoms with Crippen LogP contribution in [0.4, 0.5) is 13.2 Å². The van der Waals surface area contributed by atoms with Gasteiger partial charge in [0.15, 0.2) is 0 Å². The lowest BCUT2D eigenvalue weighted by Gasteiger charge is -2.28. The van der Waals surface area contributed by atoms with E-state index < -0.39 is 11.6 Å². The first kappa shape index (κ1) is 95.7. The molecular formula is C101H126Cl3F3N10O7.